The van der Waals surface area contributed by atoms with Crippen molar-refractivity contribution in [1.82, 2.24) is 9.80 Å². The molecule has 1 aromatic heterocycles. The minimum absolute atomic E-state index is 0.0933. The molecule has 1 aromatic carbocycles. The third kappa shape index (κ3) is 4.38. The van der Waals surface area contributed by atoms with Crippen molar-refractivity contribution in [1.29, 1.82) is 0 Å². The Hall–Kier alpha value is -2.74. The Balaban J connectivity index is 1.26. The van der Waals surface area contributed by atoms with E-state index in [0.717, 1.165) is 29.0 Å². The molecule has 0 radical (unpaired) electrons. The Kier molecular flexibility index (Phi) is 6.13. The average Bonchev–Trinajstić information content (AvgIpc) is 3.37. The molecule has 30 heavy (non-hydrogen) atoms. The molecule has 1 atom stereocenters. The zero-order valence-corrected chi connectivity index (χ0v) is 18.0. The quantitative estimate of drug-likeness (QED) is 0.701. The fourth-order valence-electron chi connectivity index (χ4n) is 3.90. The lowest BCUT2D eigenvalue weighted by Crippen LogP contribution is -2.47. The number of benzene rings is 1. The molecule has 0 N–H and O–H groups in total. The Morgan fingerprint density at radius 1 is 1.17 bits per heavy atom. The lowest BCUT2D eigenvalue weighted by molar-refractivity contribution is 0.0662. The average molecular weight is 431 g/mol. The molecule has 0 spiro atoms. The van der Waals surface area contributed by atoms with E-state index in [1.54, 1.807) is 12.0 Å². The first kappa shape index (κ1) is 20.5. The van der Waals surface area contributed by atoms with E-state index in [9.17, 15) is 9.59 Å². The van der Waals surface area contributed by atoms with E-state index in [2.05, 4.69) is 0 Å². The van der Waals surface area contributed by atoms with Crippen molar-refractivity contribution in [2.75, 3.05) is 33.4 Å². The van der Waals surface area contributed by atoms with E-state index in [1.165, 1.54) is 11.3 Å². The highest BCUT2D eigenvalue weighted by Gasteiger charge is 2.38. The number of piperidine rings is 1. The molecule has 0 bridgehead atoms. The highest BCUT2D eigenvalue weighted by atomic mass is 32.1. The molecule has 7 nitrogen and oxygen atoms in total. The summed E-state index contributed by atoms with van der Waals surface area (Å²) >= 11 is 1.49. The SMILES string of the molecule is COc1ccc(OCC2CN(C3CCN(C(=O)c4sccc4C)CC3)C(=O)O2)cc1. The summed E-state index contributed by atoms with van der Waals surface area (Å²) in [5.74, 6) is 1.57. The second-order valence-electron chi connectivity index (χ2n) is 7.60. The van der Waals surface area contributed by atoms with Gasteiger partial charge in [0.1, 0.15) is 18.1 Å². The van der Waals surface area contributed by atoms with Crippen molar-refractivity contribution in [2.45, 2.75) is 31.9 Å². The maximum atomic E-state index is 12.7. The highest BCUT2D eigenvalue weighted by molar-refractivity contribution is 7.12. The van der Waals surface area contributed by atoms with Gasteiger partial charge in [-0.1, -0.05) is 0 Å². The van der Waals surface area contributed by atoms with Crippen molar-refractivity contribution in [2.24, 2.45) is 0 Å². The van der Waals surface area contributed by atoms with E-state index in [0.29, 0.717) is 32.0 Å². The summed E-state index contributed by atoms with van der Waals surface area (Å²) in [6.45, 7) is 4.08. The smallest absolute Gasteiger partial charge is 0.410 e. The zero-order chi connectivity index (χ0) is 21.1. The number of likely N-dealkylation sites (tertiary alicyclic amines) is 1. The molecule has 2 aliphatic rings. The van der Waals surface area contributed by atoms with Gasteiger partial charge >= 0.3 is 6.09 Å². The van der Waals surface area contributed by atoms with Crippen molar-refractivity contribution in [3.63, 3.8) is 0 Å². The molecule has 160 valence electrons. The van der Waals surface area contributed by atoms with E-state index < -0.39 is 0 Å². The van der Waals surface area contributed by atoms with Crippen LogP contribution in [0.15, 0.2) is 35.7 Å². The molecule has 0 saturated carbocycles. The normalized spacial score (nSPS) is 19.7. The molecule has 2 aromatic rings. The maximum absolute atomic E-state index is 12.7. The van der Waals surface area contributed by atoms with Gasteiger partial charge in [-0.25, -0.2) is 4.79 Å². The lowest BCUT2D eigenvalue weighted by Gasteiger charge is -2.35. The van der Waals surface area contributed by atoms with Crippen LogP contribution in [0.5, 0.6) is 11.5 Å². The van der Waals surface area contributed by atoms with Crippen molar-refractivity contribution >= 4 is 23.3 Å². The number of thiophene rings is 1. The minimum Gasteiger partial charge on any atom is -0.497 e. The van der Waals surface area contributed by atoms with Crippen LogP contribution in [0.25, 0.3) is 0 Å². The number of ether oxygens (including phenoxy) is 3. The predicted octanol–water partition coefficient (Wildman–Crippen LogP) is 3.57. The van der Waals surface area contributed by atoms with Gasteiger partial charge in [-0.15, -0.1) is 11.3 Å². The second kappa shape index (κ2) is 8.95. The van der Waals surface area contributed by atoms with Crippen LogP contribution in [-0.4, -0.2) is 67.3 Å². The summed E-state index contributed by atoms with van der Waals surface area (Å²) in [4.78, 5) is 29.6. The van der Waals surface area contributed by atoms with Crippen LogP contribution >= 0.6 is 11.3 Å². The molecule has 2 aliphatic heterocycles. The fourth-order valence-corrected chi connectivity index (χ4v) is 4.80. The summed E-state index contributed by atoms with van der Waals surface area (Å²) in [6, 6.07) is 9.38. The summed E-state index contributed by atoms with van der Waals surface area (Å²) < 4.78 is 16.4. The number of amides is 2. The molecular weight excluding hydrogens is 404 g/mol. The van der Waals surface area contributed by atoms with Gasteiger partial charge < -0.3 is 24.0 Å². The standard InChI is InChI=1S/C22H26N2O5S/c1-15-9-12-30-20(15)21(25)23-10-7-16(8-11-23)24-13-19(29-22(24)26)14-28-18-5-3-17(27-2)4-6-18/h3-6,9,12,16,19H,7-8,10-11,13-14H2,1-2H3. The number of carbonyl (C=O) groups is 2. The van der Waals surface area contributed by atoms with Crippen LogP contribution in [0.1, 0.15) is 28.1 Å². The predicted molar refractivity (Wildman–Crippen MR) is 113 cm³/mol. The lowest BCUT2D eigenvalue weighted by atomic mass is 10.0. The monoisotopic (exact) mass is 430 g/mol. The Labute approximate surface area is 180 Å². The first-order valence-corrected chi connectivity index (χ1v) is 11.0. The zero-order valence-electron chi connectivity index (χ0n) is 17.2. The molecule has 2 saturated heterocycles. The number of methoxy groups -OCH3 is 1. The van der Waals surface area contributed by atoms with E-state index in [4.69, 9.17) is 14.2 Å². The summed E-state index contributed by atoms with van der Waals surface area (Å²) in [5, 5.41) is 1.95. The molecule has 3 heterocycles. The van der Waals surface area contributed by atoms with E-state index in [1.807, 2.05) is 47.5 Å². The minimum atomic E-state index is -0.298. The van der Waals surface area contributed by atoms with E-state index >= 15 is 0 Å². The van der Waals surface area contributed by atoms with Crippen LogP contribution in [0.3, 0.4) is 0 Å². The van der Waals surface area contributed by atoms with Gasteiger partial charge in [-0.3, -0.25) is 4.79 Å². The summed E-state index contributed by atoms with van der Waals surface area (Å²) in [5.41, 5.74) is 1.02. The topological polar surface area (TPSA) is 68.3 Å². The van der Waals surface area contributed by atoms with Gasteiger partial charge in [0.05, 0.1) is 18.5 Å². The van der Waals surface area contributed by atoms with Crippen molar-refractivity contribution in [3.8, 4) is 11.5 Å². The number of nitrogens with zero attached hydrogens (tertiary/aromatic N) is 2. The van der Waals surface area contributed by atoms with Gasteiger partial charge in [0, 0.05) is 19.1 Å². The molecular formula is C22H26N2O5S. The summed E-state index contributed by atoms with van der Waals surface area (Å²) in [7, 11) is 1.62. The number of carbonyl (C=O) groups excluding carboxylic acids is 2. The molecule has 8 heteroatoms. The second-order valence-corrected chi connectivity index (χ2v) is 8.52. The number of rotatable bonds is 6. The molecule has 2 amide bonds. The largest absolute Gasteiger partial charge is 0.497 e. The van der Waals surface area contributed by atoms with Gasteiger partial charge in [-0.2, -0.15) is 0 Å². The third-order valence-electron chi connectivity index (χ3n) is 5.65. The first-order chi connectivity index (χ1) is 14.5. The van der Waals surface area contributed by atoms with Crippen LogP contribution in [0.4, 0.5) is 4.79 Å². The summed E-state index contributed by atoms with van der Waals surface area (Å²) in [6.07, 6.45) is 0.930. The molecule has 0 aliphatic carbocycles. The number of aryl methyl sites for hydroxylation is 1. The Bertz CT molecular complexity index is 889. The number of hydrogen-bond acceptors (Lipinski definition) is 6. The van der Waals surface area contributed by atoms with Crippen LogP contribution in [0.2, 0.25) is 0 Å². The van der Waals surface area contributed by atoms with Gasteiger partial charge in [0.15, 0.2) is 6.10 Å². The first-order valence-electron chi connectivity index (χ1n) is 10.1. The van der Waals surface area contributed by atoms with Crippen LogP contribution in [-0.2, 0) is 4.74 Å². The van der Waals surface area contributed by atoms with E-state index in [-0.39, 0.29) is 24.1 Å². The van der Waals surface area contributed by atoms with Crippen LogP contribution < -0.4 is 9.47 Å². The number of hydrogen-bond donors (Lipinski definition) is 0. The Morgan fingerprint density at radius 3 is 2.50 bits per heavy atom. The third-order valence-corrected chi connectivity index (χ3v) is 6.65. The fraction of sp³-hybridized carbons (Fsp3) is 0.455. The molecule has 4 rings (SSSR count). The molecule has 2 fully saturated rings. The molecule has 1 unspecified atom stereocenters. The van der Waals surface area contributed by atoms with Gasteiger partial charge in [0.2, 0.25) is 0 Å². The highest BCUT2D eigenvalue weighted by Crippen LogP contribution is 2.26. The van der Waals surface area contributed by atoms with Gasteiger partial charge in [0.25, 0.3) is 5.91 Å². The van der Waals surface area contributed by atoms with Gasteiger partial charge in [-0.05, 0) is 61.0 Å². The van der Waals surface area contributed by atoms with Crippen LogP contribution in [0, 0.1) is 6.92 Å². The Morgan fingerprint density at radius 2 is 1.87 bits per heavy atom. The van der Waals surface area contributed by atoms with Crippen molar-refractivity contribution in [3.05, 3.63) is 46.2 Å². The number of cyclic esters (lactones) is 1. The maximum Gasteiger partial charge on any atom is 0.410 e. The van der Waals surface area contributed by atoms with Crippen molar-refractivity contribution < 1.29 is 23.8 Å².